The Bertz CT molecular complexity index is 1210. The van der Waals surface area contributed by atoms with E-state index in [1.807, 2.05) is 24.4 Å². The molecule has 0 spiro atoms. The predicted molar refractivity (Wildman–Crippen MR) is 134 cm³/mol. The fourth-order valence-corrected chi connectivity index (χ4v) is 4.16. The Labute approximate surface area is 199 Å². The third-order valence-corrected chi connectivity index (χ3v) is 5.98. The van der Waals surface area contributed by atoms with E-state index < -0.39 is 11.2 Å². The highest BCUT2D eigenvalue weighted by Gasteiger charge is 2.31. The number of fused-ring (bicyclic) bond motifs is 1. The van der Waals surface area contributed by atoms with Crippen molar-refractivity contribution in [1.82, 2.24) is 14.6 Å². The summed E-state index contributed by atoms with van der Waals surface area (Å²) >= 11 is 0. The first kappa shape index (κ1) is 23.7. The molecule has 0 radical (unpaired) electrons. The van der Waals surface area contributed by atoms with E-state index in [-0.39, 0.29) is 6.61 Å². The van der Waals surface area contributed by atoms with E-state index in [0.717, 1.165) is 28.0 Å². The van der Waals surface area contributed by atoms with Gasteiger partial charge in [-0.2, -0.15) is 5.10 Å². The molecule has 1 fully saturated rings. The number of hydrogen-bond acceptors (Lipinski definition) is 7. The summed E-state index contributed by atoms with van der Waals surface area (Å²) in [5.41, 5.74) is 1.87. The van der Waals surface area contributed by atoms with Gasteiger partial charge in [0, 0.05) is 55.7 Å². The first-order valence-corrected chi connectivity index (χ1v) is 11.4. The molecular formula is C26H31N5O3. The molecule has 4 heterocycles. The number of pyridine rings is 2. The molecule has 34 heavy (non-hydrogen) atoms. The van der Waals surface area contributed by atoms with Crippen molar-refractivity contribution in [2.75, 3.05) is 31.6 Å². The van der Waals surface area contributed by atoms with E-state index in [9.17, 15) is 10.2 Å². The van der Waals surface area contributed by atoms with Crippen LogP contribution in [-0.4, -0.2) is 69.0 Å². The zero-order valence-corrected chi connectivity index (χ0v) is 19.9. The van der Waals surface area contributed by atoms with Crippen LogP contribution in [0.5, 0.6) is 5.75 Å². The van der Waals surface area contributed by atoms with Gasteiger partial charge in [-0.05, 0) is 44.9 Å². The van der Waals surface area contributed by atoms with Gasteiger partial charge in [0.25, 0.3) is 0 Å². The van der Waals surface area contributed by atoms with Crippen LogP contribution in [0.25, 0.3) is 16.6 Å². The molecule has 0 saturated carbocycles. The summed E-state index contributed by atoms with van der Waals surface area (Å²) in [6, 6.07) is 5.96. The van der Waals surface area contributed by atoms with Crippen molar-refractivity contribution in [2.24, 2.45) is 4.99 Å². The standard InChI is InChI=1S/C26H31N5O3/c1-5-8-26(33)9-11-30(12-10-26)23-7-6-19(15-28-23)22-13-21(34-18-25(2,3)32)17-31-24(22)20(14-27-4)16-29-31/h1,6-7,13-17,32-33H,8-12,18H2,2-4H3/b27-14+. The number of terminal acetylenes is 1. The Balaban J connectivity index is 1.64. The number of piperidine rings is 1. The Morgan fingerprint density at radius 3 is 2.68 bits per heavy atom. The lowest BCUT2D eigenvalue weighted by Gasteiger charge is -2.37. The average molecular weight is 462 g/mol. The number of nitrogens with zero attached hydrogens (tertiary/aromatic N) is 5. The second-order valence-electron chi connectivity index (χ2n) is 9.47. The molecule has 2 N–H and O–H groups in total. The summed E-state index contributed by atoms with van der Waals surface area (Å²) in [6.07, 6.45) is 14.2. The lowest BCUT2D eigenvalue weighted by molar-refractivity contribution is 0.0210. The Morgan fingerprint density at radius 1 is 1.29 bits per heavy atom. The molecule has 1 aliphatic heterocycles. The maximum atomic E-state index is 10.6. The fraction of sp³-hybridized carbons (Fsp3) is 0.423. The molecule has 0 aliphatic carbocycles. The molecule has 0 amide bonds. The van der Waals surface area contributed by atoms with Crippen molar-refractivity contribution in [1.29, 1.82) is 0 Å². The van der Waals surface area contributed by atoms with Crippen LogP contribution in [0.1, 0.15) is 38.7 Å². The monoisotopic (exact) mass is 461 g/mol. The third kappa shape index (κ3) is 5.22. The molecule has 1 saturated heterocycles. The summed E-state index contributed by atoms with van der Waals surface area (Å²) < 4.78 is 7.62. The Kier molecular flexibility index (Phi) is 6.60. The molecule has 0 aromatic carbocycles. The summed E-state index contributed by atoms with van der Waals surface area (Å²) in [5.74, 6) is 4.04. The molecular weight excluding hydrogens is 430 g/mol. The molecule has 3 aromatic heterocycles. The van der Waals surface area contributed by atoms with Gasteiger partial charge in [0.05, 0.1) is 29.1 Å². The average Bonchev–Trinajstić information content (AvgIpc) is 3.20. The maximum Gasteiger partial charge on any atom is 0.138 e. The normalized spacial score (nSPS) is 16.2. The van der Waals surface area contributed by atoms with E-state index >= 15 is 0 Å². The quantitative estimate of drug-likeness (QED) is 0.415. The maximum absolute atomic E-state index is 10.6. The minimum absolute atomic E-state index is 0.153. The van der Waals surface area contributed by atoms with Gasteiger partial charge in [0.1, 0.15) is 18.2 Å². The van der Waals surface area contributed by atoms with Gasteiger partial charge in [-0.25, -0.2) is 9.50 Å². The summed E-state index contributed by atoms with van der Waals surface area (Å²) in [5, 5.41) is 25.1. The van der Waals surface area contributed by atoms with E-state index in [0.29, 0.717) is 38.1 Å². The van der Waals surface area contributed by atoms with Gasteiger partial charge in [-0.1, -0.05) is 0 Å². The van der Waals surface area contributed by atoms with Gasteiger partial charge in [-0.3, -0.25) is 4.99 Å². The third-order valence-electron chi connectivity index (χ3n) is 5.98. The molecule has 4 rings (SSSR count). The van der Waals surface area contributed by atoms with Gasteiger partial charge in [0.2, 0.25) is 0 Å². The minimum Gasteiger partial charge on any atom is -0.489 e. The zero-order valence-electron chi connectivity index (χ0n) is 19.9. The lowest BCUT2D eigenvalue weighted by atomic mass is 9.88. The smallest absolute Gasteiger partial charge is 0.138 e. The SMILES string of the molecule is C#CCC1(O)CCN(c2ccc(-c3cc(OCC(C)(C)O)cn4ncc(/C=N/C)c34)cn2)CC1. The first-order chi connectivity index (χ1) is 16.2. The molecule has 0 unspecified atom stereocenters. The minimum atomic E-state index is -0.955. The molecule has 8 heteroatoms. The van der Waals surface area contributed by atoms with Crippen molar-refractivity contribution in [3.8, 4) is 29.2 Å². The number of aromatic nitrogens is 3. The van der Waals surface area contributed by atoms with Gasteiger partial charge < -0.3 is 19.8 Å². The van der Waals surface area contributed by atoms with Crippen LogP contribution >= 0.6 is 0 Å². The van der Waals surface area contributed by atoms with Crippen molar-refractivity contribution < 1.29 is 14.9 Å². The van der Waals surface area contributed by atoms with E-state index in [4.69, 9.17) is 16.1 Å². The predicted octanol–water partition coefficient (Wildman–Crippen LogP) is 2.95. The first-order valence-electron chi connectivity index (χ1n) is 11.4. The highest BCUT2D eigenvalue weighted by atomic mass is 16.5. The van der Waals surface area contributed by atoms with E-state index in [2.05, 4.69) is 20.9 Å². The fourth-order valence-electron chi connectivity index (χ4n) is 4.16. The number of ether oxygens (including phenoxy) is 1. The number of rotatable bonds is 7. The number of aliphatic imine (C=N–C) groups is 1. The topological polar surface area (TPSA) is 95.5 Å². The number of anilines is 1. The van der Waals surface area contributed by atoms with Crippen LogP contribution in [0, 0.1) is 12.3 Å². The van der Waals surface area contributed by atoms with Crippen molar-refractivity contribution in [3.05, 3.63) is 42.4 Å². The van der Waals surface area contributed by atoms with Crippen LogP contribution in [0.2, 0.25) is 0 Å². The lowest BCUT2D eigenvalue weighted by Crippen LogP contribution is -2.44. The van der Waals surface area contributed by atoms with Gasteiger partial charge in [-0.15, -0.1) is 12.3 Å². The summed E-state index contributed by atoms with van der Waals surface area (Å²) in [7, 11) is 1.73. The second kappa shape index (κ2) is 9.45. The molecule has 8 nitrogen and oxygen atoms in total. The summed E-state index contributed by atoms with van der Waals surface area (Å²) in [6.45, 7) is 4.96. The molecule has 0 bridgehead atoms. The van der Waals surface area contributed by atoms with Crippen LogP contribution in [0.3, 0.4) is 0 Å². The number of aliphatic hydroxyl groups is 2. The second-order valence-corrected chi connectivity index (χ2v) is 9.47. The Hall–Kier alpha value is -3.41. The van der Waals surface area contributed by atoms with Crippen molar-refractivity contribution >= 4 is 17.5 Å². The van der Waals surface area contributed by atoms with E-state index in [1.165, 1.54) is 0 Å². The number of hydrogen-bond donors (Lipinski definition) is 2. The Morgan fingerprint density at radius 2 is 2.06 bits per heavy atom. The largest absolute Gasteiger partial charge is 0.489 e. The van der Waals surface area contributed by atoms with Gasteiger partial charge in [0.15, 0.2) is 0 Å². The summed E-state index contributed by atoms with van der Waals surface area (Å²) in [4.78, 5) is 11.0. The van der Waals surface area contributed by atoms with Crippen molar-refractivity contribution in [2.45, 2.75) is 44.3 Å². The van der Waals surface area contributed by atoms with Crippen LogP contribution in [0.4, 0.5) is 5.82 Å². The molecule has 1 aliphatic rings. The highest BCUT2D eigenvalue weighted by molar-refractivity contribution is 5.96. The molecule has 178 valence electrons. The van der Waals surface area contributed by atoms with Crippen LogP contribution in [0.15, 0.2) is 41.8 Å². The van der Waals surface area contributed by atoms with Crippen molar-refractivity contribution in [3.63, 3.8) is 0 Å². The van der Waals surface area contributed by atoms with Crippen LogP contribution < -0.4 is 9.64 Å². The highest BCUT2D eigenvalue weighted by Crippen LogP contribution is 2.32. The molecule has 0 atom stereocenters. The van der Waals surface area contributed by atoms with E-state index in [1.54, 1.807) is 44.0 Å². The zero-order chi connectivity index (χ0) is 24.3. The molecule has 3 aromatic rings. The van der Waals surface area contributed by atoms with Crippen LogP contribution in [-0.2, 0) is 0 Å². The van der Waals surface area contributed by atoms with Gasteiger partial charge >= 0.3 is 0 Å².